The molecule has 1 aromatic carbocycles. The molecule has 1 rings (SSSR count). The van der Waals surface area contributed by atoms with Crippen LogP contribution in [-0.2, 0) is 4.79 Å². The smallest absolute Gasteiger partial charge is 0.221 e. The number of methoxy groups -OCH3 is 1. The van der Waals surface area contributed by atoms with Crippen molar-refractivity contribution in [2.75, 3.05) is 24.9 Å². The summed E-state index contributed by atoms with van der Waals surface area (Å²) in [6.07, 6.45) is 0.775. The molecule has 100 valence electrons. The zero-order valence-corrected chi connectivity index (χ0v) is 11.6. The van der Waals surface area contributed by atoms with Crippen LogP contribution in [0, 0.1) is 6.92 Å². The molecule has 0 atom stereocenters. The van der Waals surface area contributed by atoms with Crippen molar-refractivity contribution in [2.45, 2.75) is 20.3 Å². The summed E-state index contributed by atoms with van der Waals surface area (Å²) in [5.74, 6) is 1.74. The second-order valence-corrected chi connectivity index (χ2v) is 4.27. The normalized spacial score (nSPS) is 10.0. The average Bonchev–Trinajstić information content (AvgIpc) is 2.30. The van der Waals surface area contributed by atoms with Crippen LogP contribution >= 0.6 is 11.6 Å². The van der Waals surface area contributed by atoms with Gasteiger partial charge >= 0.3 is 0 Å². The molecule has 4 nitrogen and oxygen atoms in total. The summed E-state index contributed by atoms with van der Waals surface area (Å²) in [5.41, 5.74) is 1.61. The van der Waals surface area contributed by atoms with Crippen molar-refractivity contribution in [1.82, 2.24) is 0 Å². The molecule has 0 aromatic heterocycles. The Hall–Kier alpha value is -1.42. The lowest BCUT2D eigenvalue weighted by atomic mass is 10.1. The number of rotatable bonds is 6. The number of halogens is 1. The second-order valence-electron chi connectivity index (χ2n) is 3.90. The third-order valence-corrected chi connectivity index (χ3v) is 2.57. The molecule has 1 N–H and O–H groups in total. The number of aryl methyl sites for hydroxylation is 1. The van der Waals surface area contributed by atoms with Gasteiger partial charge in [-0.2, -0.15) is 0 Å². The quantitative estimate of drug-likeness (QED) is 0.639. The molecule has 1 amide bonds. The van der Waals surface area contributed by atoms with Crippen molar-refractivity contribution in [2.24, 2.45) is 0 Å². The fourth-order valence-electron chi connectivity index (χ4n) is 1.58. The predicted octanol–water partition coefficient (Wildman–Crippen LogP) is 2.97. The molecule has 1 aromatic rings. The summed E-state index contributed by atoms with van der Waals surface area (Å²) < 4.78 is 10.9. The second kappa shape index (κ2) is 7.11. The number of hydrogen-bond acceptors (Lipinski definition) is 3. The van der Waals surface area contributed by atoms with Crippen molar-refractivity contribution < 1.29 is 14.3 Å². The van der Waals surface area contributed by atoms with Crippen LogP contribution < -0.4 is 14.8 Å². The lowest BCUT2D eigenvalue weighted by molar-refractivity contribution is -0.114. The molecule has 0 bridgehead atoms. The van der Waals surface area contributed by atoms with E-state index >= 15 is 0 Å². The lowest BCUT2D eigenvalue weighted by Crippen LogP contribution is -2.07. The van der Waals surface area contributed by atoms with E-state index in [2.05, 4.69) is 5.32 Å². The minimum Gasteiger partial charge on any atom is -0.493 e. The zero-order valence-electron chi connectivity index (χ0n) is 10.9. The average molecular weight is 272 g/mol. The first kappa shape index (κ1) is 14.6. The number of carbonyl (C=O) groups is 1. The highest BCUT2D eigenvalue weighted by Crippen LogP contribution is 2.34. The first-order valence-electron chi connectivity index (χ1n) is 5.73. The fraction of sp³-hybridized carbons (Fsp3) is 0.462. The molecule has 0 saturated carbocycles. The van der Waals surface area contributed by atoms with E-state index < -0.39 is 0 Å². The fourth-order valence-corrected chi connectivity index (χ4v) is 1.69. The molecule has 0 aliphatic rings. The predicted molar refractivity (Wildman–Crippen MR) is 72.9 cm³/mol. The number of ether oxygens (including phenoxy) is 2. The molecule has 0 radical (unpaired) electrons. The van der Waals surface area contributed by atoms with E-state index in [1.165, 1.54) is 6.92 Å². The van der Waals surface area contributed by atoms with Gasteiger partial charge in [0.1, 0.15) is 0 Å². The summed E-state index contributed by atoms with van der Waals surface area (Å²) in [6, 6.07) is 3.59. The Morgan fingerprint density at radius 1 is 1.44 bits per heavy atom. The molecule has 18 heavy (non-hydrogen) atoms. The molecule has 0 fully saturated rings. The number of benzene rings is 1. The number of anilines is 1. The van der Waals surface area contributed by atoms with E-state index in [9.17, 15) is 4.79 Å². The van der Waals surface area contributed by atoms with Crippen LogP contribution in [-0.4, -0.2) is 25.5 Å². The van der Waals surface area contributed by atoms with E-state index in [-0.39, 0.29) is 5.91 Å². The summed E-state index contributed by atoms with van der Waals surface area (Å²) in [4.78, 5) is 11.0. The Morgan fingerprint density at radius 3 is 2.72 bits per heavy atom. The molecular weight excluding hydrogens is 254 g/mol. The molecular formula is C13H18ClNO3. The lowest BCUT2D eigenvalue weighted by Gasteiger charge is -2.15. The highest BCUT2D eigenvalue weighted by atomic mass is 35.5. The maximum absolute atomic E-state index is 11.0. The molecule has 0 heterocycles. The van der Waals surface area contributed by atoms with Gasteiger partial charge in [-0.25, -0.2) is 0 Å². The zero-order chi connectivity index (χ0) is 13.5. The number of alkyl halides is 1. The maximum atomic E-state index is 11.0. The van der Waals surface area contributed by atoms with Gasteiger partial charge < -0.3 is 14.8 Å². The minimum atomic E-state index is -0.118. The first-order chi connectivity index (χ1) is 8.58. The van der Waals surface area contributed by atoms with E-state index in [0.717, 1.165) is 12.0 Å². The van der Waals surface area contributed by atoms with Crippen molar-refractivity contribution in [3.63, 3.8) is 0 Å². The van der Waals surface area contributed by atoms with Crippen LogP contribution in [0.2, 0.25) is 0 Å². The Labute approximate surface area is 112 Å². The first-order valence-corrected chi connectivity index (χ1v) is 6.27. The molecule has 0 unspecified atom stereocenters. The summed E-state index contributed by atoms with van der Waals surface area (Å²) in [7, 11) is 1.57. The molecule has 0 saturated heterocycles. The van der Waals surface area contributed by atoms with Gasteiger partial charge in [0.15, 0.2) is 11.5 Å². The Morgan fingerprint density at radius 2 is 2.17 bits per heavy atom. The van der Waals surface area contributed by atoms with Gasteiger partial charge in [-0.05, 0) is 25.0 Å². The Bertz CT molecular complexity index is 421. The third-order valence-electron chi connectivity index (χ3n) is 2.31. The van der Waals surface area contributed by atoms with Crippen molar-refractivity contribution in [3.05, 3.63) is 17.7 Å². The molecule has 0 spiro atoms. The third kappa shape index (κ3) is 4.11. The monoisotopic (exact) mass is 271 g/mol. The van der Waals surface area contributed by atoms with Gasteiger partial charge in [-0.1, -0.05) is 0 Å². The molecule has 0 aliphatic heterocycles. The number of hydrogen-bond donors (Lipinski definition) is 1. The number of nitrogens with one attached hydrogen (secondary N) is 1. The molecule has 0 aliphatic carbocycles. The van der Waals surface area contributed by atoms with E-state index in [4.69, 9.17) is 21.1 Å². The van der Waals surface area contributed by atoms with Crippen molar-refractivity contribution in [3.8, 4) is 11.5 Å². The largest absolute Gasteiger partial charge is 0.493 e. The summed E-state index contributed by atoms with van der Waals surface area (Å²) >= 11 is 5.60. The standard InChI is InChI=1S/C13H18ClNO3/c1-9-7-11(15-10(2)16)8-12(17-3)13(9)18-6-4-5-14/h7-8H,4-6H2,1-3H3,(H,15,16). The van der Waals surface area contributed by atoms with Gasteiger partial charge in [0.25, 0.3) is 0 Å². The van der Waals surface area contributed by atoms with Crippen molar-refractivity contribution >= 4 is 23.2 Å². The van der Waals surface area contributed by atoms with Crippen LogP contribution in [0.1, 0.15) is 18.9 Å². The van der Waals surface area contributed by atoms with E-state index in [1.54, 1.807) is 13.2 Å². The van der Waals surface area contributed by atoms with Crippen LogP contribution in [0.5, 0.6) is 11.5 Å². The topological polar surface area (TPSA) is 47.6 Å². The van der Waals surface area contributed by atoms with Crippen molar-refractivity contribution in [1.29, 1.82) is 0 Å². The highest BCUT2D eigenvalue weighted by molar-refractivity contribution is 6.17. The number of amides is 1. The van der Waals surface area contributed by atoms with Gasteiger partial charge in [0.05, 0.1) is 13.7 Å². The van der Waals surface area contributed by atoms with Gasteiger partial charge in [0.2, 0.25) is 5.91 Å². The van der Waals surface area contributed by atoms with Gasteiger partial charge in [-0.15, -0.1) is 11.6 Å². The van der Waals surface area contributed by atoms with Gasteiger partial charge in [0, 0.05) is 24.6 Å². The Kier molecular flexibility index (Phi) is 5.78. The van der Waals surface area contributed by atoms with Gasteiger partial charge in [-0.3, -0.25) is 4.79 Å². The van der Waals surface area contributed by atoms with Crippen LogP contribution in [0.3, 0.4) is 0 Å². The van der Waals surface area contributed by atoms with E-state index in [1.807, 2.05) is 13.0 Å². The van der Waals surface area contributed by atoms with Crippen LogP contribution in [0.4, 0.5) is 5.69 Å². The Balaban J connectivity index is 2.92. The maximum Gasteiger partial charge on any atom is 0.221 e. The van der Waals surface area contributed by atoms with Crippen LogP contribution in [0.15, 0.2) is 12.1 Å². The van der Waals surface area contributed by atoms with E-state index in [0.29, 0.717) is 29.7 Å². The highest BCUT2D eigenvalue weighted by Gasteiger charge is 2.11. The minimum absolute atomic E-state index is 0.118. The number of carbonyl (C=O) groups excluding carboxylic acids is 1. The molecule has 5 heteroatoms. The summed E-state index contributed by atoms with van der Waals surface area (Å²) in [5, 5.41) is 2.72. The van der Waals surface area contributed by atoms with Crippen LogP contribution in [0.25, 0.3) is 0 Å². The SMILES string of the molecule is COc1cc(NC(C)=O)cc(C)c1OCCCCl. The summed E-state index contributed by atoms with van der Waals surface area (Å²) in [6.45, 7) is 3.91.